The Morgan fingerprint density at radius 3 is 2.67 bits per heavy atom. The summed E-state index contributed by atoms with van der Waals surface area (Å²) in [4.78, 5) is 0. The molecule has 0 amide bonds. The molecule has 0 saturated carbocycles. The van der Waals surface area contributed by atoms with Crippen LogP contribution in [0.4, 0.5) is 5.69 Å². The maximum absolute atomic E-state index is 5.56. The van der Waals surface area contributed by atoms with Crippen LogP contribution in [0.3, 0.4) is 0 Å². The van der Waals surface area contributed by atoms with Crippen LogP contribution >= 0.6 is 0 Å². The molecule has 0 atom stereocenters. The topological polar surface area (TPSA) is 66.0 Å². The first-order valence-corrected chi connectivity index (χ1v) is 4.57. The number of ether oxygens (including phenoxy) is 1. The lowest BCUT2D eigenvalue weighted by Crippen LogP contribution is -2.02. The van der Waals surface area contributed by atoms with E-state index in [0.29, 0.717) is 6.61 Å². The highest BCUT2D eigenvalue weighted by Crippen LogP contribution is 2.14. The Bertz CT molecular complexity index is 435. The molecule has 1 heterocycles. The Balaban J connectivity index is 1.99. The fourth-order valence-corrected chi connectivity index (χ4v) is 1.15. The highest BCUT2D eigenvalue weighted by molar-refractivity contribution is 5.41. The fourth-order valence-electron chi connectivity index (χ4n) is 1.15. The van der Waals surface area contributed by atoms with Gasteiger partial charge < -0.3 is 15.0 Å². The number of nitrogens with zero attached hydrogens (tertiary/aromatic N) is 3. The summed E-state index contributed by atoms with van der Waals surface area (Å²) in [7, 11) is 1.88. The molecule has 2 aromatic rings. The molecule has 0 unspecified atom stereocenters. The molecule has 0 fully saturated rings. The Hall–Kier alpha value is -2.04. The number of aryl methyl sites for hydroxylation is 1. The summed E-state index contributed by atoms with van der Waals surface area (Å²) >= 11 is 0. The lowest BCUT2D eigenvalue weighted by molar-refractivity contribution is 0.291. The van der Waals surface area contributed by atoms with Crippen molar-refractivity contribution >= 4 is 5.69 Å². The Morgan fingerprint density at radius 2 is 2.07 bits per heavy atom. The molecule has 1 aromatic carbocycles. The molecule has 0 aliphatic carbocycles. The van der Waals surface area contributed by atoms with Crippen LogP contribution in [-0.4, -0.2) is 14.8 Å². The van der Waals surface area contributed by atoms with E-state index in [2.05, 4.69) is 10.2 Å². The summed E-state index contributed by atoms with van der Waals surface area (Å²) in [5.41, 5.74) is 6.28. The Labute approximate surface area is 87.5 Å². The smallest absolute Gasteiger partial charge is 0.170 e. The van der Waals surface area contributed by atoms with Gasteiger partial charge in [-0.15, -0.1) is 10.2 Å². The van der Waals surface area contributed by atoms with Gasteiger partial charge in [0.2, 0.25) is 0 Å². The molecule has 2 N–H and O–H groups in total. The fraction of sp³-hybridized carbons (Fsp3) is 0.200. The highest BCUT2D eigenvalue weighted by Gasteiger charge is 2.01. The Kier molecular flexibility index (Phi) is 2.53. The molecule has 0 radical (unpaired) electrons. The number of nitrogen functional groups attached to an aromatic ring is 1. The predicted molar refractivity (Wildman–Crippen MR) is 56.2 cm³/mol. The van der Waals surface area contributed by atoms with Crippen LogP contribution in [0.1, 0.15) is 5.82 Å². The van der Waals surface area contributed by atoms with E-state index >= 15 is 0 Å². The number of benzene rings is 1. The van der Waals surface area contributed by atoms with E-state index in [0.717, 1.165) is 17.3 Å². The minimum atomic E-state index is 0.403. The average molecular weight is 204 g/mol. The van der Waals surface area contributed by atoms with E-state index < -0.39 is 0 Å². The maximum atomic E-state index is 5.56. The molecular formula is C10H12N4O. The van der Waals surface area contributed by atoms with Crippen molar-refractivity contribution in [2.75, 3.05) is 5.73 Å². The number of aromatic nitrogens is 3. The van der Waals surface area contributed by atoms with Crippen molar-refractivity contribution in [2.45, 2.75) is 6.61 Å². The first-order chi connectivity index (χ1) is 7.25. The van der Waals surface area contributed by atoms with Crippen molar-refractivity contribution in [3.63, 3.8) is 0 Å². The monoisotopic (exact) mass is 204 g/mol. The quantitative estimate of drug-likeness (QED) is 0.757. The van der Waals surface area contributed by atoms with Crippen LogP contribution in [0.25, 0.3) is 0 Å². The zero-order chi connectivity index (χ0) is 10.7. The summed E-state index contributed by atoms with van der Waals surface area (Å²) in [5.74, 6) is 1.55. The largest absolute Gasteiger partial charge is 0.486 e. The third-order valence-corrected chi connectivity index (χ3v) is 2.05. The van der Waals surface area contributed by atoms with Gasteiger partial charge in [-0.1, -0.05) is 0 Å². The van der Waals surface area contributed by atoms with Gasteiger partial charge in [0.05, 0.1) is 0 Å². The highest BCUT2D eigenvalue weighted by atomic mass is 16.5. The van der Waals surface area contributed by atoms with Gasteiger partial charge >= 0.3 is 0 Å². The van der Waals surface area contributed by atoms with Crippen molar-refractivity contribution in [1.82, 2.24) is 14.8 Å². The van der Waals surface area contributed by atoms with Crippen LogP contribution in [-0.2, 0) is 13.7 Å². The normalized spacial score (nSPS) is 10.2. The van der Waals surface area contributed by atoms with E-state index in [9.17, 15) is 0 Å². The number of nitrogens with two attached hydrogens (primary N) is 1. The predicted octanol–water partition coefficient (Wildman–Crippen LogP) is 0.976. The van der Waals surface area contributed by atoms with E-state index in [-0.39, 0.29) is 0 Å². The first-order valence-electron chi connectivity index (χ1n) is 4.57. The first kappa shape index (κ1) is 9.51. The molecule has 15 heavy (non-hydrogen) atoms. The van der Waals surface area contributed by atoms with Gasteiger partial charge in [-0.25, -0.2) is 0 Å². The van der Waals surface area contributed by atoms with E-state index in [1.807, 2.05) is 23.7 Å². The van der Waals surface area contributed by atoms with Crippen LogP contribution in [0.15, 0.2) is 30.6 Å². The zero-order valence-electron chi connectivity index (χ0n) is 8.42. The van der Waals surface area contributed by atoms with Gasteiger partial charge in [-0.2, -0.15) is 0 Å². The van der Waals surface area contributed by atoms with Gasteiger partial charge in [0.1, 0.15) is 18.7 Å². The van der Waals surface area contributed by atoms with E-state index in [4.69, 9.17) is 10.5 Å². The molecule has 0 aliphatic heterocycles. The molecule has 2 rings (SSSR count). The van der Waals surface area contributed by atoms with Crippen molar-refractivity contribution in [2.24, 2.45) is 7.05 Å². The average Bonchev–Trinajstić information content (AvgIpc) is 2.63. The van der Waals surface area contributed by atoms with Crippen LogP contribution < -0.4 is 10.5 Å². The lowest BCUT2D eigenvalue weighted by atomic mass is 10.3. The molecule has 5 nitrogen and oxygen atoms in total. The van der Waals surface area contributed by atoms with E-state index in [1.54, 1.807) is 18.5 Å². The van der Waals surface area contributed by atoms with Crippen LogP contribution in [0, 0.1) is 0 Å². The van der Waals surface area contributed by atoms with Crippen molar-refractivity contribution < 1.29 is 4.74 Å². The van der Waals surface area contributed by atoms with Crippen LogP contribution in [0.5, 0.6) is 5.75 Å². The number of rotatable bonds is 3. The molecule has 0 saturated heterocycles. The standard InChI is InChI=1S/C10H12N4O/c1-14-7-12-13-10(14)6-15-9-4-2-8(11)3-5-9/h2-5,7H,6,11H2,1H3. The summed E-state index contributed by atoms with van der Waals surface area (Å²) < 4.78 is 7.32. The second-order valence-corrected chi connectivity index (χ2v) is 3.22. The van der Waals surface area contributed by atoms with Gasteiger partial charge in [-0.05, 0) is 24.3 Å². The maximum Gasteiger partial charge on any atom is 0.170 e. The van der Waals surface area contributed by atoms with Crippen molar-refractivity contribution in [1.29, 1.82) is 0 Å². The number of hydrogen-bond acceptors (Lipinski definition) is 4. The number of hydrogen-bond donors (Lipinski definition) is 1. The Morgan fingerprint density at radius 1 is 1.33 bits per heavy atom. The second kappa shape index (κ2) is 4.00. The molecular weight excluding hydrogens is 192 g/mol. The van der Waals surface area contributed by atoms with Gasteiger partial charge in [0, 0.05) is 12.7 Å². The summed E-state index contributed by atoms with van der Waals surface area (Å²) in [5, 5.41) is 7.67. The van der Waals surface area contributed by atoms with Crippen molar-refractivity contribution in [3.05, 3.63) is 36.4 Å². The van der Waals surface area contributed by atoms with Gasteiger partial charge in [0.25, 0.3) is 0 Å². The molecule has 0 aliphatic rings. The van der Waals surface area contributed by atoms with Gasteiger partial charge in [0.15, 0.2) is 5.82 Å². The zero-order valence-corrected chi connectivity index (χ0v) is 8.42. The molecule has 1 aromatic heterocycles. The minimum Gasteiger partial charge on any atom is -0.486 e. The summed E-state index contributed by atoms with van der Waals surface area (Å²) in [6.07, 6.45) is 1.64. The second-order valence-electron chi connectivity index (χ2n) is 3.22. The third kappa shape index (κ3) is 2.25. The van der Waals surface area contributed by atoms with E-state index in [1.165, 1.54) is 0 Å². The molecule has 0 spiro atoms. The molecule has 0 bridgehead atoms. The van der Waals surface area contributed by atoms with Crippen LogP contribution in [0.2, 0.25) is 0 Å². The minimum absolute atomic E-state index is 0.403. The summed E-state index contributed by atoms with van der Waals surface area (Å²) in [6, 6.07) is 7.25. The molecule has 78 valence electrons. The third-order valence-electron chi connectivity index (χ3n) is 2.05. The summed E-state index contributed by atoms with van der Waals surface area (Å²) in [6.45, 7) is 0.403. The number of anilines is 1. The lowest BCUT2D eigenvalue weighted by Gasteiger charge is -2.05. The molecule has 5 heteroatoms. The van der Waals surface area contributed by atoms with Gasteiger partial charge in [-0.3, -0.25) is 0 Å². The SMILES string of the molecule is Cn1cnnc1COc1ccc(N)cc1. The van der Waals surface area contributed by atoms with Crippen molar-refractivity contribution in [3.8, 4) is 5.75 Å².